The highest BCUT2D eigenvalue weighted by molar-refractivity contribution is 5.87. The van der Waals surface area contributed by atoms with Crippen LogP contribution in [0.25, 0.3) is 0 Å². The van der Waals surface area contributed by atoms with Gasteiger partial charge in [0.05, 0.1) is 13.7 Å². The molecule has 0 N–H and O–H groups in total. The van der Waals surface area contributed by atoms with E-state index in [9.17, 15) is 4.79 Å². The number of carbonyl (C=O) groups is 1. The van der Waals surface area contributed by atoms with Crippen LogP contribution in [0.1, 0.15) is 16.1 Å². The summed E-state index contributed by atoms with van der Waals surface area (Å²) in [6.45, 7) is 2.36. The molecule has 0 atom stereocenters. The number of methoxy groups -OCH3 is 3. The first-order valence-electron chi connectivity index (χ1n) is 4.93. The van der Waals surface area contributed by atoms with Crippen LogP contribution in [0.15, 0.2) is 12.3 Å². The number of rotatable bonds is 5. The SMILES string of the molecule is COC(=O)c1cc(C)cn1CC(OC)OC. The standard InChI is InChI=1S/C11H17NO4/c1-8-5-9(11(13)16-4)12(6-8)7-10(14-2)15-3/h5-6,10H,7H2,1-4H3. The van der Waals surface area contributed by atoms with Gasteiger partial charge >= 0.3 is 5.97 Å². The highest BCUT2D eigenvalue weighted by Crippen LogP contribution is 2.11. The summed E-state index contributed by atoms with van der Waals surface area (Å²) in [4.78, 5) is 11.5. The molecule has 1 aromatic rings. The first kappa shape index (κ1) is 12.7. The molecule has 0 saturated heterocycles. The van der Waals surface area contributed by atoms with Crippen molar-refractivity contribution >= 4 is 5.97 Å². The van der Waals surface area contributed by atoms with Crippen molar-refractivity contribution in [1.82, 2.24) is 4.57 Å². The maximum atomic E-state index is 11.5. The molecule has 16 heavy (non-hydrogen) atoms. The van der Waals surface area contributed by atoms with Crippen LogP contribution < -0.4 is 0 Å². The molecule has 0 unspecified atom stereocenters. The monoisotopic (exact) mass is 227 g/mol. The number of ether oxygens (including phenoxy) is 3. The predicted octanol–water partition coefficient (Wildman–Crippen LogP) is 1.20. The van der Waals surface area contributed by atoms with Crippen molar-refractivity contribution in [3.63, 3.8) is 0 Å². The fourth-order valence-electron chi connectivity index (χ4n) is 1.49. The summed E-state index contributed by atoms with van der Waals surface area (Å²) in [6.07, 6.45) is 1.48. The Bertz CT molecular complexity index is 355. The lowest BCUT2D eigenvalue weighted by Gasteiger charge is -2.15. The molecule has 5 nitrogen and oxygen atoms in total. The van der Waals surface area contributed by atoms with E-state index < -0.39 is 0 Å². The summed E-state index contributed by atoms with van der Waals surface area (Å²) in [6, 6.07) is 1.77. The molecule has 1 rings (SSSR count). The molecule has 0 spiro atoms. The Morgan fingerprint density at radius 3 is 2.50 bits per heavy atom. The van der Waals surface area contributed by atoms with Crippen LogP contribution >= 0.6 is 0 Å². The lowest BCUT2D eigenvalue weighted by molar-refractivity contribution is -0.111. The molecule has 0 amide bonds. The smallest absolute Gasteiger partial charge is 0.354 e. The lowest BCUT2D eigenvalue weighted by atomic mass is 10.3. The van der Waals surface area contributed by atoms with Gasteiger partial charge in [-0.05, 0) is 18.6 Å². The minimum Gasteiger partial charge on any atom is -0.464 e. The topological polar surface area (TPSA) is 49.7 Å². The van der Waals surface area contributed by atoms with E-state index in [-0.39, 0.29) is 12.3 Å². The maximum absolute atomic E-state index is 11.5. The van der Waals surface area contributed by atoms with Gasteiger partial charge in [-0.2, -0.15) is 0 Å². The van der Waals surface area contributed by atoms with Crippen LogP contribution in [0.4, 0.5) is 0 Å². The van der Waals surface area contributed by atoms with Crippen LogP contribution in [0, 0.1) is 6.92 Å². The van der Waals surface area contributed by atoms with Crippen LogP contribution in [-0.2, 0) is 20.8 Å². The van der Waals surface area contributed by atoms with Gasteiger partial charge in [0, 0.05) is 20.4 Å². The van der Waals surface area contributed by atoms with Crippen molar-refractivity contribution in [1.29, 1.82) is 0 Å². The van der Waals surface area contributed by atoms with Gasteiger partial charge in [0.15, 0.2) is 6.29 Å². The van der Waals surface area contributed by atoms with E-state index in [1.165, 1.54) is 7.11 Å². The summed E-state index contributed by atoms with van der Waals surface area (Å²) >= 11 is 0. The molecular formula is C11H17NO4. The summed E-state index contributed by atoms with van der Waals surface area (Å²) in [5.74, 6) is -0.362. The van der Waals surface area contributed by atoms with Crippen LogP contribution in [-0.4, -0.2) is 38.2 Å². The maximum Gasteiger partial charge on any atom is 0.354 e. The second kappa shape index (κ2) is 5.67. The van der Waals surface area contributed by atoms with Crippen LogP contribution in [0.2, 0.25) is 0 Å². The highest BCUT2D eigenvalue weighted by Gasteiger charge is 2.15. The van der Waals surface area contributed by atoms with Crippen molar-refractivity contribution in [2.45, 2.75) is 19.8 Å². The minimum absolute atomic E-state index is 0.362. The molecule has 90 valence electrons. The van der Waals surface area contributed by atoms with E-state index in [0.29, 0.717) is 12.2 Å². The summed E-state index contributed by atoms with van der Waals surface area (Å²) in [5, 5.41) is 0. The zero-order valence-corrected chi connectivity index (χ0v) is 10.0. The van der Waals surface area contributed by atoms with Crippen molar-refractivity contribution in [3.05, 3.63) is 23.5 Å². The van der Waals surface area contributed by atoms with Crippen molar-refractivity contribution in [2.24, 2.45) is 0 Å². The van der Waals surface area contributed by atoms with E-state index in [1.54, 1.807) is 24.9 Å². The Morgan fingerprint density at radius 2 is 2.00 bits per heavy atom. The molecule has 5 heteroatoms. The van der Waals surface area contributed by atoms with Gasteiger partial charge in [-0.15, -0.1) is 0 Å². The van der Waals surface area contributed by atoms with Gasteiger partial charge < -0.3 is 18.8 Å². The molecule has 0 fully saturated rings. The predicted molar refractivity (Wildman–Crippen MR) is 58.3 cm³/mol. The number of aromatic nitrogens is 1. The molecule has 0 aliphatic rings. The summed E-state index contributed by atoms with van der Waals surface area (Å²) in [7, 11) is 4.48. The van der Waals surface area contributed by atoms with E-state index >= 15 is 0 Å². The van der Waals surface area contributed by atoms with E-state index in [1.807, 2.05) is 13.1 Å². The van der Waals surface area contributed by atoms with Crippen LogP contribution in [0.3, 0.4) is 0 Å². The van der Waals surface area contributed by atoms with Gasteiger partial charge in [0.2, 0.25) is 0 Å². The van der Waals surface area contributed by atoms with Crippen molar-refractivity contribution in [2.75, 3.05) is 21.3 Å². The first-order chi connectivity index (χ1) is 7.62. The van der Waals surface area contributed by atoms with Gasteiger partial charge in [-0.3, -0.25) is 0 Å². The molecular weight excluding hydrogens is 210 g/mol. The number of carbonyl (C=O) groups excluding carboxylic acids is 1. The zero-order valence-electron chi connectivity index (χ0n) is 10.0. The number of hydrogen-bond donors (Lipinski definition) is 0. The van der Waals surface area contributed by atoms with Crippen molar-refractivity contribution < 1.29 is 19.0 Å². The van der Waals surface area contributed by atoms with E-state index in [4.69, 9.17) is 14.2 Å². The quantitative estimate of drug-likeness (QED) is 0.560. The van der Waals surface area contributed by atoms with Gasteiger partial charge in [-0.25, -0.2) is 4.79 Å². The average Bonchev–Trinajstić information content (AvgIpc) is 2.66. The third-order valence-corrected chi connectivity index (χ3v) is 2.30. The van der Waals surface area contributed by atoms with Crippen LogP contribution in [0.5, 0.6) is 0 Å². The Hall–Kier alpha value is -1.33. The number of aryl methyl sites for hydroxylation is 1. The molecule has 1 aromatic heterocycles. The highest BCUT2D eigenvalue weighted by atomic mass is 16.7. The van der Waals surface area contributed by atoms with Gasteiger partial charge in [-0.1, -0.05) is 0 Å². The lowest BCUT2D eigenvalue weighted by Crippen LogP contribution is -2.22. The number of hydrogen-bond acceptors (Lipinski definition) is 4. The Kier molecular flexibility index (Phi) is 4.52. The van der Waals surface area contributed by atoms with Crippen molar-refractivity contribution in [3.8, 4) is 0 Å². The first-order valence-corrected chi connectivity index (χ1v) is 4.93. The van der Waals surface area contributed by atoms with E-state index in [0.717, 1.165) is 5.56 Å². The third kappa shape index (κ3) is 2.84. The van der Waals surface area contributed by atoms with E-state index in [2.05, 4.69) is 0 Å². The molecule has 0 aliphatic carbocycles. The molecule has 1 heterocycles. The summed E-state index contributed by atoms with van der Waals surface area (Å²) in [5.41, 5.74) is 1.49. The molecule has 0 radical (unpaired) electrons. The molecule has 0 aliphatic heterocycles. The zero-order chi connectivity index (χ0) is 12.1. The average molecular weight is 227 g/mol. The fraction of sp³-hybridized carbons (Fsp3) is 0.545. The molecule has 0 bridgehead atoms. The summed E-state index contributed by atoms with van der Waals surface area (Å²) < 4.78 is 16.6. The second-order valence-electron chi connectivity index (χ2n) is 3.45. The Morgan fingerprint density at radius 1 is 1.38 bits per heavy atom. The minimum atomic E-state index is -0.379. The Balaban J connectivity index is 2.90. The Labute approximate surface area is 94.9 Å². The molecule has 0 aromatic carbocycles. The second-order valence-corrected chi connectivity index (χ2v) is 3.45. The largest absolute Gasteiger partial charge is 0.464 e. The number of nitrogens with zero attached hydrogens (tertiary/aromatic N) is 1. The normalized spacial score (nSPS) is 10.8. The van der Waals surface area contributed by atoms with Gasteiger partial charge in [0.25, 0.3) is 0 Å². The fourth-order valence-corrected chi connectivity index (χ4v) is 1.49. The third-order valence-electron chi connectivity index (χ3n) is 2.30. The van der Waals surface area contributed by atoms with Gasteiger partial charge in [0.1, 0.15) is 5.69 Å². The molecule has 0 saturated carbocycles. The number of esters is 1.